The molecule has 1 atom stereocenters. The molecule has 2 fully saturated rings. The molecule has 0 spiro atoms. The number of piperazine rings is 1. The topological polar surface area (TPSA) is 59.1 Å². The van der Waals surface area contributed by atoms with Gasteiger partial charge in [-0.2, -0.15) is 0 Å². The van der Waals surface area contributed by atoms with Crippen LogP contribution in [0.25, 0.3) is 0 Å². The van der Waals surface area contributed by atoms with Gasteiger partial charge in [0, 0.05) is 37.8 Å². The summed E-state index contributed by atoms with van der Waals surface area (Å²) in [4.78, 5) is 28.5. The second kappa shape index (κ2) is 8.06. The largest absolute Gasteiger partial charge is 0.497 e. The van der Waals surface area contributed by atoms with Crippen molar-refractivity contribution in [1.82, 2.24) is 9.80 Å². The molecule has 7 heteroatoms. The van der Waals surface area contributed by atoms with E-state index in [2.05, 4.69) is 0 Å². The maximum atomic E-state index is 12.5. The monoisotopic (exact) mass is 366 g/mol. The van der Waals surface area contributed by atoms with E-state index >= 15 is 0 Å². The molecule has 0 bridgehead atoms. The van der Waals surface area contributed by atoms with E-state index in [1.54, 1.807) is 29.0 Å². The van der Waals surface area contributed by atoms with Crippen LogP contribution in [-0.2, 0) is 20.7 Å². The third kappa shape index (κ3) is 4.25. The molecule has 0 aromatic heterocycles. The molecule has 0 N–H and O–H groups in total. The van der Waals surface area contributed by atoms with Crippen molar-refractivity contribution in [2.75, 3.05) is 39.9 Å². The molecule has 1 aromatic carbocycles. The first-order valence-electron chi connectivity index (χ1n) is 8.59. The maximum Gasteiger partial charge on any atom is 0.251 e. The predicted octanol–water partition coefficient (Wildman–Crippen LogP) is 1.74. The molecule has 1 aromatic rings. The van der Waals surface area contributed by atoms with Gasteiger partial charge in [-0.05, 0) is 30.5 Å². The second-order valence-electron chi connectivity index (χ2n) is 6.34. The van der Waals surface area contributed by atoms with Crippen LogP contribution in [-0.4, -0.2) is 67.6 Å². The Labute approximate surface area is 152 Å². The summed E-state index contributed by atoms with van der Waals surface area (Å²) in [5, 5.41) is 0.528. The molecule has 1 unspecified atom stereocenters. The number of hydrogen-bond acceptors (Lipinski definition) is 4. The lowest BCUT2D eigenvalue weighted by Gasteiger charge is -2.35. The summed E-state index contributed by atoms with van der Waals surface area (Å²) in [6.45, 7) is 2.87. The van der Waals surface area contributed by atoms with Gasteiger partial charge in [0.2, 0.25) is 5.91 Å². The second-order valence-corrected chi connectivity index (χ2v) is 6.75. The van der Waals surface area contributed by atoms with Crippen molar-refractivity contribution in [2.45, 2.75) is 25.4 Å². The quantitative estimate of drug-likeness (QED) is 0.814. The number of halogens is 1. The summed E-state index contributed by atoms with van der Waals surface area (Å²) in [6, 6.07) is 5.32. The number of hydrogen-bond donors (Lipinski definition) is 0. The van der Waals surface area contributed by atoms with Gasteiger partial charge in [-0.3, -0.25) is 9.59 Å². The molecular formula is C18H23ClN2O4. The molecular weight excluding hydrogens is 344 g/mol. The lowest BCUT2D eigenvalue weighted by Crippen LogP contribution is -2.53. The highest BCUT2D eigenvalue weighted by Crippen LogP contribution is 2.23. The Bertz CT molecular complexity index is 638. The van der Waals surface area contributed by atoms with E-state index in [4.69, 9.17) is 21.1 Å². The Morgan fingerprint density at radius 1 is 1.24 bits per heavy atom. The normalized spacial score (nSPS) is 20.6. The first-order valence-corrected chi connectivity index (χ1v) is 8.97. The van der Waals surface area contributed by atoms with Crippen LogP contribution in [0.15, 0.2) is 18.2 Å². The standard InChI is InChI=1S/C18H23ClN2O4/c1-24-14-5-4-13(15(19)12-14)11-17(22)20-6-8-21(9-7-20)18(23)16-3-2-10-25-16/h4-5,12,16H,2-3,6-11H2,1H3. The lowest BCUT2D eigenvalue weighted by atomic mass is 10.1. The molecule has 2 amide bonds. The van der Waals surface area contributed by atoms with Gasteiger partial charge in [0.25, 0.3) is 5.91 Å². The molecule has 6 nitrogen and oxygen atoms in total. The minimum atomic E-state index is -0.291. The van der Waals surface area contributed by atoms with E-state index in [1.165, 1.54) is 0 Å². The van der Waals surface area contributed by atoms with Crippen molar-refractivity contribution in [3.05, 3.63) is 28.8 Å². The van der Waals surface area contributed by atoms with Crippen molar-refractivity contribution < 1.29 is 19.1 Å². The fraction of sp³-hybridized carbons (Fsp3) is 0.556. The summed E-state index contributed by atoms with van der Waals surface area (Å²) in [7, 11) is 1.58. The Kier molecular flexibility index (Phi) is 5.81. The van der Waals surface area contributed by atoms with Gasteiger partial charge in [-0.25, -0.2) is 0 Å². The Balaban J connectivity index is 1.52. The first kappa shape index (κ1) is 18.0. The highest BCUT2D eigenvalue weighted by Gasteiger charge is 2.31. The average molecular weight is 367 g/mol. The smallest absolute Gasteiger partial charge is 0.251 e. The number of nitrogens with zero attached hydrogens (tertiary/aromatic N) is 2. The summed E-state index contributed by atoms with van der Waals surface area (Å²) >= 11 is 6.21. The molecule has 136 valence electrons. The zero-order valence-electron chi connectivity index (χ0n) is 14.4. The van der Waals surface area contributed by atoms with E-state index in [9.17, 15) is 9.59 Å². The lowest BCUT2D eigenvalue weighted by molar-refractivity contribution is -0.145. The molecule has 2 heterocycles. The van der Waals surface area contributed by atoms with E-state index in [0.29, 0.717) is 43.6 Å². The molecule has 3 rings (SSSR count). The fourth-order valence-corrected chi connectivity index (χ4v) is 3.46. The van der Waals surface area contributed by atoms with Gasteiger partial charge in [0.1, 0.15) is 11.9 Å². The van der Waals surface area contributed by atoms with Gasteiger partial charge in [-0.1, -0.05) is 17.7 Å². The first-order chi connectivity index (χ1) is 12.1. The number of ether oxygens (including phenoxy) is 2. The highest BCUT2D eigenvalue weighted by atomic mass is 35.5. The van der Waals surface area contributed by atoms with Crippen LogP contribution in [0.5, 0.6) is 5.75 Å². The maximum absolute atomic E-state index is 12.5. The van der Waals surface area contributed by atoms with Crippen molar-refractivity contribution in [3.63, 3.8) is 0 Å². The van der Waals surface area contributed by atoms with Crippen LogP contribution in [0.4, 0.5) is 0 Å². The van der Waals surface area contributed by atoms with Gasteiger partial charge in [-0.15, -0.1) is 0 Å². The van der Waals surface area contributed by atoms with Crippen LogP contribution in [0.3, 0.4) is 0 Å². The number of amides is 2. The minimum absolute atomic E-state index is 0.0243. The van der Waals surface area contributed by atoms with Crippen LogP contribution >= 0.6 is 11.6 Å². The van der Waals surface area contributed by atoms with Crippen LogP contribution in [0.1, 0.15) is 18.4 Å². The number of carbonyl (C=O) groups is 2. The summed E-state index contributed by atoms with van der Waals surface area (Å²) in [5.41, 5.74) is 0.783. The third-order valence-corrected chi connectivity index (χ3v) is 5.10. The summed E-state index contributed by atoms with van der Waals surface area (Å²) in [5.74, 6) is 0.751. The molecule has 2 saturated heterocycles. The van der Waals surface area contributed by atoms with Gasteiger partial charge < -0.3 is 19.3 Å². The van der Waals surface area contributed by atoms with Crippen molar-refractivity contribution in [3.8, 4) is 5.75 Å². The number of benzene rings is 1. The molecule has 0 aliphatic carbocycles. The van der Waals surface area contributed by atoms with Gasteiger partial charge >= 0.3 is 0 Å². The van der Waals surface area contributed by atoms with Gasteiger partial charge in [0.15, 0.2) is 0 Å². The van der Waals surface area contributed by atoms with Crippen molar-refractivity contribution in [2.24, 2.45) is 0 Å². The molecule has 0 saturated carbocycles. The van der Waals surface area contributed by atoms with Crippen LogP contribution < -0.4 is 4.74 Å². The number of rotatable bonds is 4. The zero-order chi connectivity index (χ0) is 17.8. The van der Waals surface area contributed by atoms with Crippen molar-refractivity contribution in [1.29, 1.82) is 0 Å². The fourth-order valence-electron chi connectivity index (χ4n) is 3.23. The molecule has 25 heavy (non-hydrogen) atoms. The molecule has 2 aliphatic heterocycles. The van der Waals surface area contributed by atoms with E-state index in [0.717, 1.165) is 18.4 Å². The predicted molar refractivity (Wildman–Crippen MR) is 93.8 cm³/mol. The van der Waals surface area contributed by atoms with Crippen LogP contribution in [0.2, 0.25) is 5.02 Å². The molecule has 0 radical (unpaired) electrons. The molecule has 2 aliphatic rings. The number of methoxy groups -OCH3 is 1. The van der Waals surface area contributed by atoms with Crippen LogP contribution in [0, 0.1) is 0 Å². The van der Waals surface area contributed by atoms with E-state index < -0.39 is 0 Å². The average Bonchev–Trinajstić information content (AvgIpc) is 3.17. The third-order valence-electron chi connectivity index (χ3n) is 4.75. The highest BCUT2D eigenvalue weighted by molar-refractivity contribution is 6.31. The summed E-state index contributed by atoms with van der Waals surface area (Å²) in [6.07, 6.45) is 1.70. The van der Waals surface area contributed by atoms with E-state index in [-0.39, 0.29) is 24.3 Å². The SMILES string of the molecule is COc1ccc(CC(=O)N2CCN(C(=O)C3CCCO3)CC2)c(Cl)c1. The zero-order valence-corrected chi connectivity index (χ0v) is 15.1. The number of carbonyl (C=O) groups excluding carboxylic acids is 2. The van der Waals surface area contributed by atoms with E-state index in [1.807, 2.05) is 6.07 Å². The Morgan fingerprint density at radius 2 is 1.96 bits per heavy atom. The summed E-state index contributed by atoms with van der Waals surface area (Å²) < 4.78 is 10.6. The Hall–Kier alpha value is -1.79. The van der Waals surface area contributed by atoms with Gasteiger partial charge in [0.05, 0.1) is 13.5 Å². The minimum Gasteiger partial charge on any atom is -0.497 e. The van der Waals surface area contributed by atoms with Crippen molar-refractivity contribution >= 4 is 23.4 Å². The Morgan fingerprint density at radius 3 is 2.56 bits per heavy atom.